The van der Waals surface area contributed by atoms with Crippen molar-refractivity contribution in [3.63, 3.8) is 0 Å². The summed E-state index contributed by atoms with van der Waals surface area (Å²) in [6, 6.07) is 30.2. The van der Waals surface area contributed by atoms with E-state index < -0.39 is 0 Å². The molecule has 0 aromatic heterocycles. The average molecular weight is 615 g/mol. The van der Waals surface area contributed by atoms with E-state index in [0.717, 1.165) is 12.0 Å². The molecule has 0 heterocycles. The van der Waals surface area contributed by atoms with Gasteiger partial charge in [-0.2, -0.15) is 0 Å². The van der Waals surface area contributed by atoms with Gasteiger partial charge in [-0.3, -0.25) is 0 Å². The van der Waals surface area contributed by atoms with Gasteiger partial charge in [0.2, 0.25) is 0 Å². The molecule has 0 aliphatic heterocycles. The molecule has 238 valence electrons. The van der Waals surface area contributed by atoms with Crippen molar-refractivity contribution in [2.45, 2.75) is 49.0 Å². The first-order valence-electron chi connectivity index (χ1n) is 15.7. The largest absolute Gasteiger partial charge is 0.100 e. The molecule has 0 fully saturated rings. The lowest BCUT2D eigenvalue weighted by molar-refractivity contribution is 1.11. The SMILES string of the molecule is C.C.C=C(C)CC.C=Cc1c(/C=C\C)c2ccccc2c2ccccc12.C=Cc1ccc2ccc3ccc(/C=C\C)c4c3c2c1C4=C. The first-order valence-corrected chi connectivity index (χ1v) is 15.7. The maximum Gasteiger partial charge on any atom is -0.00143 e. The highest BCUT2D eigenvalue weighted by Gasteiger charge is 2.24. The summed E-state index contributed by atoms with van der Waals surface area (Å²) in [6.45, 7) is 24.3. The lowest BCUT2D eigenvalue weighted by atomic mass is 9.91. The summed E-state index contributed by atoms with van der Waals surface area (Å²) in [7, 11) is 0. The predicted octanol–water partition coefficient (Wildman–Crippen LogP) is 15.0. The Morgan fingerprint density at radius 2 is 1.02 bits per heavy atom. The van der Waals surface area contributed by atoms with Gasteiger partial charge >= 0.3 is 0 Å². The minimum atomic E-state index is 0. The number of fused-ring (bicyclic) bond motifs is 3. The van der Waals surface area contributed by atoms with Crippen LogP contribution >= 0.6 is 0 Å². The van der Waals surface area contributed by atoms with Crippen LogP contribution in [-0.2, 0) is 0 Å². The summed E-state index contributed by atoms with van der Waals surface area (Å²) in [5.74, 6) is 0. The van der Waals surface area contributed by atoms with E-state index >= 15 is 0 Å². The van der Waals surface area contributed by atoms with Crippen LogP contribution in [0.3, 0.4) is 0 Å². The van der Waals surface area contributed by atoms with Gasteiger partial charge < -0.3 is 0 Å². The topological polar surface area (TPSA) is 0 Å². The van der Waals surface area contributed by atoms with Crippen molar-refractivity contribution >= 4 is 73.0 Å². The van der Waals surface area contributed by atoms with Gasteiger partial charge in [0.05, 0.1) is 0 Å². The molecule has 0 saturated carbocycles. The fraction of sp³-hybridized carbons (Fsp3) is 0.149. The monoisotopic (exact) mass is 614 g/mol. The molecule has 0 bridgehead atoms. The van der Waals surface area contributed by atoms with Gasteiger partial charge in [-0.15, -0.1) is 6.58 Å². The summed E-state index contributed by atoms with van der Waals surface area (Å²) < 4.78 is 0. The molecule has 0 nitrogen and oxygen atoms in total. The number of benzene rings is 6. The molecule has 6 aromatic carbocycles. The number of hydrogen-bond donors (Lipinski definition) is 0. The molecule has 0 saturated heterocycles. The van der Waals surface area contributed by atoms with Crippen LogP contribution < -0.4 is 0 Å². The third kappa shape index (κ3) is 6.69. The van der Waals surface area contributed by atoms with Crippen molar-refractivity contribution in [2.24, 2.45) is 0 Å². The van der Waals surface area contributed by atoms with Crippen LogP contribution in [0.5, 0.6) is 0 Å². The number of allylic oxidation sites excluding steroid dienone is 3. The quantitative estimate of drug-likeness (QED) is 0.134. The molecule has 0 radical (unpaired) electrons. The number of hydrogen-bond acceptors (Lipinski definition) is 0. The van der Waals surface area contributed by atoms with E-state index in [1.54, 1.807) is 0 Å². The van der Waals surface area contributed by atoms with Crippen molar-refractivity contribution in [3.05, 3.63) is 162 Å². The molecule has 0 unspecified atom stereocenters. The van der Waals surface area contributed by atoms with Crippen LogP contribution in [0, 0.1) is 0 Å². The summed E-state index contributed by atoms with van der Waals surface area (Å²) in [5, 5.41) is 10.4. The third-order valence-corrected chi connectivity index (χ3v) is 8.56. The van der Waals surface area contributed by atoms with Crippen LogP contribution in [0.4, 0.5) is 0 Å². The van der Waals surface area contributed by atoms with Crippen molar-refractivity contribution in [2.75, 3.05) is 0 Å². The highest BCUT2D eigenvalue weighted by atomic mass is 14.3. The maximum atomic E-state index is 4.39. The highest BCUT2D eigenvalue weighted by Crippen LogP contribution is 2.47. The highest BCUT2D eigenvalue weighted by molar-refractivity contribution is 6.25. The van der Waals surface area contributed by atoms with Crippen LogP contribution in [0.1, 0.15) is 82.3 Å². The van der Waals surface area contributed by atoms with Gasteiger partial charge in [0, 0.05) is 0 Å². The summed E-state index contributed by atoms with van der Waals surface area (Å²) in [5.41, 5.74) is 9.79. The Morgan fingerprint density at radius 3 is 1.47 bits per heavy atom. The Hall–Kier alpha value is -5.20. The predicted molar refractivity (Wildman–Crippen MR) is 219 cm³/mol. The van der Waals surface area contributed by atoms with Gasteiger partial charge in [0.25, 0.3) is 0 Å². The second-order valence-corrected chi connectivity index (χ2v) is 11.4. The van der Waals surface area contributed by atoms with Gasteiger partial charge in [-0.25, -0.2) is 0 Å². The van der Waals surface area contributed by atoms with Gasteiger partial charge in [0.15, 0.2) is 0 Å². The van der Waals surface area contributed by atoms with Crippen molar-refractivity contribution < 1.29 is 0 Å². The lowest BCUT2D eigenvalue weighted by Gasteiger charge is -2.12. The van der Waals surface area contributed by atoms with Gasteiger partial charge in [0.1, 0.15) is 0 Å². The minimum Gasteiger partial charge on any atom is -0.100 e. The molecule has 1 aliphatic rings. The van der Waals surface area contributed by atoms with Gasteiger partial charge in [-0.05, 0) is 109 Å². The first kappa shape index (κ1) is 36.3. The Bertz CT molecular complexity index is 2180. The second-order valence-electron chi connectivity index (χ2n) is 11.4. The molecule has 7 rings (SSSR count). The van der Waals surface area contributed by atoms with Crippen molar-refractivity contribution in [3.8, 4) is 0 Å². The zero-order chi connectivity index (χ0) is 32.1. The van der Waals surface area contributed by atoms with Crippen LogP contribution in [-0.4, -0.2) is 0 Å². The van der Waals surface area contributed by atoms with E-state index in [9.17, 15) is 0 Å². The number of rotatable bonds is 5. The standard InChI is InChI=1S/C21H16.C19H16.C5H10.2CH4/c1-4-6-15-9-10-17-12-11-16-8-7-14(5-2)18-13(3)19(15)21(17)20(16)18;1-3-9-15-14(4-2)16-10-5-6-12-18(16)19-13-8-7-11-17(15)19;1-4-5(2)3;;/h4-12H,2-3H2,1H3;3-13H,2H2,1H3;2,4H2,1,3H3;2*1H4/b6-4-;9-3-;;;. The fourth-order valence-corrected chi connectivity index (χ4v) is 6.29. The maximum absolute atomic E-state index is 4.39. The molecule has 0 N–H and O–H groups in total. The van der Waals surface area contributed by atoms with E-state index in [2.05, 4.69) is 156 Å². The Labute approximate surface area is 283 Å². The normalized spacial score (nSPS) is 11.3. The molecular formula is C47H50. The average Bonchev–Trinajstić information content (AvgIpc) is 3.39. The zero-order valence-electron chi connectivity index (χ0n) is 27.1. The molecule has 1 aliphatic carbocycles. The van der Waals surface area contributed by atoms with E-state index in [4.69, 9.17) is 0 Å². The lowest BCUT2D eigenvalue weighted by Crippen LogP contribution is -1.88. The molecular weight excluding hydrogens is 565 g/mol. The third-order valence-electron chi connectivity index (χ3n) is 8.56. The molecule has 0 atom stereocenters. The molecule has 6 aromatic rings. The van der Waals surface area contributed by atoms with Crippen molar-refractivity contribution in [1.82, 2.24) is 0 Å². The molecule has 0 spiro atoms. The van der Waals surface area contributed by atoms with E-state index in [-0.39, 0.29) is 14.9 Å². The zero-order valence-corrected chi connectivity index (χ0v) is 27.1. The molecule has 0 amide bonds. The summed E-state index contributed by atoms with van der Waals surface area (Å²) >= 11 is 0. The Kier molecular flexibility index (Phi) is 12.3. The fourth-order valence-electron chi connectivity index (χ4n) is 6.29. The Morgan fingerprint density at radius 1 is 0.596 bits per heavy atom. The van der Waals surface area contributed by atoms with E-state index in [0.29, 0.717) is 0 Å². The first-order chi connectivity index (χ1) is 21.9. The summed E-state index contributed by atoms with van der Waals surface area (Å²) in [6.07, 6.45) is 13.5. The van der Waals surface area contributed by atoms with E-state index in [1.807, 2.05) is 19.1 Å². The van der Waals surface area contributed by atoms with Crippen molar-refractivity contribution in [1.29, 1.82) is 0 Å². The van der Waals surface area contributed by atoms with Crippen LogP contribution in [0.15, 0.2) is 129 Å². The van der Waals surface area contributed by atoms with E-state index in [1.165, 1.54) is 82.0 Å². The van der Waals surface area contributed by atoms with Gasteiger partial charge in [-0.1, -0.05) is 168 Å². The van der Waals surface area contributed by atoms with Crippen LogP contribution in [0.25, 0.3) is 73.0 Å². The summed E-state index contributed by atoms with van der Waals surface area (Å²) in [4.78, 5) is 0. The van der Waals surface area contributed by atoms with Crippen LogP contribution in [0.2, 0.25) is 0 Å². The molecule has 0 heteroatoms. The smallest absolute Gasteiger partial charge is 0.00143 e. The second kappa shape index (κ2) is 15.9. The molecule has 47 heavy (non-hydrogen) atoms. The minimum absolute atomic E-state index is 0. The Balaban J connectivity index is 0.000000217.